The molecular formula is C24H48N2O6. The van der Waals surface area contributed by atoms with Crippen molar-refractivity contribution in [1.82, 2.24) is 10.6 Å². The number of amides is 1. The summed E-state index contributed by atoms with van der Waals surface area (Å²) in [4.78, 5) is 23.3. The van der Waals surface area contributed by atoms with Crippen LogP contribution in [0.4, 0.5) is 0 Å². The Labute approximate surface area is 195 Å². The van der Waals surface area contributed by atoms with E-state index in [0.29, 0.717) is 51.9 Å². The lowest BCUT2D eigenvalue weighted by atomic mass is 9.91. The number of hydrogen-bond donors (Lipinski definition) is 2. The Morgan fingerprint density at radius 3 is 1.72 bits per heavy atom. The van der Waals surface area contributed by atoms with Crippen LogP contribution in [0, 0.1) is 11.3 Å². The van der Waals surface area contributed by atoms with Crippen LogP contribution >= 0.6 is 0 Å². The number of carbonyl (C=O) groups is 2. The van der Waals surface area contributed by atoms with Gasteiger partial charge in [0.1, 0.15) is 13.2 Å². The van der Waals surface area contributed by atoms with Gasteiger partial charge >= 0.3 is 0 Å². The van der Waals surface area contributed by atoms with E-state index in [-0.39, 0.29) is 30.4 Å². The summed E-state index contributed by atoms with van der Waals surface area (Å²) in [6.45, 7) is 19.1. The summed E-state index contributed by atoms with van der Waals surface area (Å²) in [5.41, 5.74) is -0.302. The number of hydrogen-bond acceptors (Lipinski definition) is 7. The van der Waals surface area contributed by atoms with Crippen molar-refractivity contribution in [3.05, 3.63) is 0 Å². The molecule has 0 aliphatic heterocycles. The second-order valence-electron chi connectivity index (χ2n) is 9.86. The molecular weight excluding hydrogens is 412 g/mol. The quantitative estimate of drug-likeness (QED) is 0.270. The van der Waals surface area contributed by atoms with Crippen LogP contribution < -0.4 is 10.6 Å². The average molecular weight is 461 g/mol. The molecule has 0 radical (unpaired) electrons. The smallest absolute Gasteiger partial charge is 0.246 e. The summed E-state index contributed by atoms with van der Waals surface area (Å²) in [5, 5.41) is 6.29. The summed E-state index contributed by atoms with van der Waals surface area (Å²) in [5.74, 6) is 0.342. The Kier molecular flexibility index (Phi) is 16.8. The van der Waals surface area contributed by atoms with Gasteiger partial charge in [0.15, 0.2) is 5.78 Å². The van der Waals surface area contributed by atoms with Crippen LogP contribution in [0.25, 0.3) is 0 Å². The molecule has 0 rings (SSSR count). The van der Waals surface area contributed by atoms with E-state index in [9.17, 15) is 9.59 Å². The molecule has 0 saturated carbocycles. The van der Waals surface area contributed by atoms with E-state index in [1.54, 1.807) is 0 Å². The second-order valence-corrected chi connectivity index (χ2v) is 9.86. The van der Waals surface area contributed by atoms with Gasteiger partial charge in [0.25, 0.3) is 0 Å². The van der Waals surface area contributed by atoms with Crippen molar-refractivity contribution in [3.8, 4) is 0 Å². The van der Waals surface area contributed by atoms with Crippen LogP contribution in [-0.4, -0.2) is 83.2 Å². The van der Waals surface area contributed by atoms with Crippen molar-refractivity contribution in [2.75, 3.05) is 65.9 Å². The monoisotopic (exact) mass is 460 g/mol. The summed E-state index contributed by atoms with van der Waals surface area (Å²) < 4.78 is 21.7. The van der Waals surface area contributed by atoms with Crippen LogP contribution in [0.1, 0.15) is 61.3 Å². The number of Topliss-reactive ketones (excluding diaryl/α,β-unsaturated/α-hetero) is 1. The molecule has 0 aliphatic carbocycles. The SMILES string of the molecule is CC(C)C(C)(C)NCCCOCCOCCOCCCNC(=O)COCC(=O)C(C)(C)C. The number of nitrogens with one attached hydrogen (secondary N) is 2. The van der Waals surface area contributed by atoms with Crippen LogP contribution in [0.5, 0.6) is 0 Å². The molecule has 0 fully saturated rings. The van der Waals surface area contributed by atoms with Gasteiger partial charge < -0.3 is 29.6 Å². The van der Waals surface area contributed by atoms with Gasteiger partial charge in [-0.25, -0.2) is 0 Å². The fourth-order valence-corrected chi connectivity index (χ4v) is 2.24. The molecule has 0 spiro atoms. The van der Waals surface area contributed by atoms with Gasteiger partial charge in [0, 0.05) is 30.7 Å². The van der Waals surface area contributed by atoms with Crippen LogP contribution in [0.3, 0.4) is 0 Å². The van der Waals surface area contributed by atoms with Crippen molar-refractivity contribution >= 4 is 11.7 Å². The van der Waals surface area contributed by atoms with Gasteiger partial charge in [-0.3, -0.25) is 9.59 Å². The first kappa shape index (κ1) is 30.9. The highest BCUT2D eigenvalue weighted by Gasteiger charge is 2.21. The van der Waals surface area contributed by atoms with E-state index in [0.717, 1.165) is 19.6 Å². The first-order chi connectivity index (χ1) is 15.0. The Hall–Kier alpha value is -1.06. The topological polar surface area (TPSA) is 95.1 Å². The molecule has 0 heterocycles. The lowest BCUT2D eigenvalue weighted by molar-refractivity contribution is -0.134. The Bertz CT molecular complexity index is 503. The number of ether oxygens (including phenoxy) is 4. The van der Waals surface area contributed by atoms with E-state index >= 15 is 0 Å². The van der Waals surface area contributed by atoms with Crippen molar-refractivity contribution < 1.29 is 28.5 Å². The fourth-order valence-electron chi connectivity index (χ4n) is 2.24. The average Bonchev–Trinajstić information content (AvgIpc) is 2.69. The zero-order chi connectivity index (χ0) is 24.5. The normalized spacial score (nSPS) is 12.4. The van der Waals surface area contributed by atoms with Crippen molar-refractivity contribution in [2.45, 2.75) is 66.8 Å². The van der Waals surface area contributed by atoms with E-state index in [2.05, 4.69) is 38.3 Å². The largest absolute Gasteiger partial charge is 0.379 e. The predicted molar refractivity (Wildman–Crippen MR) is 127 cm³/mol. The van der Waals surface area contributed by atoms with Crippen LogP contribution in [0.2, 0.25) is 0 Å². The summed E-state index contributed by atoms with van der Waals surface area (Å²) >= 11 is 0. The van der Waals surface area contributed by atoms with Gasteiger partial charge in [-0.2, -0.15) is 0 Å². The first-order valence-electron chi connectivity index (χ1n) is 11.8. The number of ketones is 1. The Balaban J connectivity index is 3.34. The minimum atomic E-state index is -0.452. The lowest BCUT2D eigenvalue weighted by Gasteiger charge is -2.30. The molecule has 8 heteroatoms. The fraction of sp³-hybridized carbons (Fsp3) is 0.917. The minimum Gasteiger partial charge on any atom is -0.379 e. The maximum Gasteiger partial charge on any atom is 0.246 e. The molecule has 32 heavy (non-hydrogen) atoms. The van der Waals surface area contributed by atoms with Crippen molar-refractivity contribution in [3.63, 3.8) is 0 Å². The van der Waals surface area contributed by atoms with Crippen LogP contribution in [-0.2, 0) is 28.5 Å². The zero-order valence-corrected chi connectivity index (χ0v) is 21.5. The van der Waals surface area contributed by atoms with Crippen molar-refractivity contribution in [2.24, 2.45) is 11.3 Å². The molecule has 0 saturated heterocycles. The summed E-state index contributed by atoms with van der Waals surface area (Å²) in [6.07, 6.45) is 1.69. The van der Waals surface area contributed by atoms with E-state index in [1.807, 2.05) is 20.8 Å². The van der Waals surface area contributed by atoms with E-state index in [1.165, 1.54) is 0 Å². The molecule has 190 valence electrons. The molecule has 0 atom stereocenters. The second kappa shape index (κ2) is 17.4. The van der Waals surface area contributed by atoms with Gasteiger partial charge in [-0.05, 0) is 39.2 Å². The molecule has 0 unspecified atom stereocenters. The predicted octanol–water partition coefficient (Wildman–Crippen LogP) is 2.59. The van der Waals surface area contributed by atoms with Crippen LogP contribution in [0.15, 0.2) is 0 Å². The third-order valence-corrected chi connectivity index (χ3v) is 5.32. The molecule has 8 nitrogen and oxygen atoms in total. The Morgan fingerprint density at radius 2 is 1.22 bits per heavy atom. The maximum absolute atomic E-state index is 11.7. The highest BCUT2D eigenvalue weighted by Crippen LogP contribution is 2.15. The first-order valence-corrected chi connectivity index (χ1v) is 11.8. The Morgan fingerprint density at radius 1 is 0.719 bits per heavy atom. The van der Waals surface area contributed by atoms with Gasteiger partial charge in [-0.15, -0.1) is 0 Å². The molecule has 1 amide bonds. The van der Waals surface area contributed by atoms with Crippen molar-refractivity contribution in [1.29, 1.82) is 0 Å². The molecule has 0 aliphatic rings. The number of carbonyl (C=O) groups excluding carboxylic acids is 2. The number of rotatable bonds is 20. The summed E-state index contributed by atoms with van der Waals surface area (Å²) in [7, 11) is 0. The minimum absolute atomic E-state index is 0.0222. The lowest BCUT2D eigenvalue weighted by Crippen LogP contribution is -2.44. The molecule has 0 aromatic rings. The highest BCUT2D eigenvalue weighted by molar-refractivity contribution is 5.85. The van der Waals surface area contributed by atoms with E-state index < -0.39 is 5.41 Å². The maximum atomic E-state index is 11.7. The molecule has 0 aromatic heterocycles. The third-order valence-electron chi connectivity index (χ3n) is 5.32. The van der Waals surface area contributed by atoms with E-state index in [4.69, 9.17) is 18.9 Å². The zero-order valence-electron chi connectivity index (χ0n) is 21.5. The highest BCUT2D eigenvalue weighted by atomic mass is 16.5. The van der Waals surface area contributed by atoms with Gasteiger partial charge in [0.2, 0.25) is 5.91 Å². The standard InChI is InChI=1S/C24H48N2O6/c1-20(2)24(6,7)26-11-9-13-30-15-17-31-16-14-29-12-8-10-25-22(28)19-32-18-21(27)23(3,4)5/h20,26H,8-19H2,1-7H3,(H,25,28). The molecule has 2 N–H and O–H groups in total. The van der Waals surface area contributed by atoms with Gasteiger partial charge in [0.05, 0.1) is 26.4 Å². The molecule has 0 bridgehead atoms. The molecule has 0 aromatic carbocycles. The summed E-state index contributed by atoms with van der Waals surface area (Å²) in [6, 6.07) is 0. The third kappa shape index (κ3) is 17.5. The van der Waals surface area contributed by atoms with Gasteiger partial charge in [-0.1, -0.05) is 34.6 Å².